The molecule has 0 radical (unpaired) electrons. The van der Waals surface area contributed by atoms with E-state index in [1.165, 1.54) is 0 Å². The fourth-order valence-corrected chi connectivity index (χ4v) is 0.208. The van der Waals surface area contributed by atoms with E-state index in [9.17, 15) is 0 Å². The number of aliphatic hydroxyl groups is 1. The molecule has 0 aliphatic carbocycles. The van der Waals surface area contributed by atoms with Gasteiger partial charge in [-0.05, 0) is 14.0 Å². The van der Waals surface area contributed by atoms with E-state index in [1.54, 1.807) is 7.05 Å². The minimum Gasteiger partial charge on any atom is -0.395 e. The predicted octanol–water partition coefficient (Wildman–Crippen LogP) is -0.397. The third-order valence-electron chi connectivity index (χ3n) is 0.862. The van der Waals surface area contributed by atoms with Gasteiger partial charge in [-0.25, -0.2) is 0 Å². The number of epoxide rings is 1. The zero-order valence-electron chi connectivity index (χ0n) is 6.05. The lowest BCUT2D eigenvalue weighted by atomic mass is 10.6. The second-order valence-electron chi connectivity index (χ2n) is 1.97. The summed E-state index contributed by atoms with van der Waals surface area (Å²) >= 11 is 0. The van der Waals surface area contributed by atoms with Gasteiger partial charge in [0.2, 0.25) is 0 Å². The molecule has 1 heterocycles. The summed E-state index contributed by atoms with van der Waals surface area (Å²) in [7, 11) is 1.80. The number of hydrogen-bond acceptors (Lipinski definition) is 3. The average molecular weight is 133 g/mol. The molecule has 0 aromatic carbocycles. The Morgan fingerprint density at radius 3 is 2.22 bits per heavy atom. The van der Waals surface area contributed by atoms with Gasteiger partial charge in [0.05, 0.1) is 19.3 Å². The highest BCUT2D eigenvalue weighted by Gasteiger charge is 2.13. The highest BCUT2D eigenvalue weighted by Crippen LogP contribution is 2.04. The zero-order valence-corrected chi connectivity index (χ0v) is 6.05. The Balaban J connectivity index is 0.000000144. The van der Waals surface area contributed by atoms with Crippen molar-refractivity contribution < 1.29 is 9.84 Å². The van der Waals surface area contributed by atoms with Crippen LogP contribution in [0.4, 0.5) is 0 Å². The largest absolute Gasteiger partial charge is 0.395 e. The first-order chi connectivity index (χ1) is 4.31. The van der Waals surface area contributed by atoms with Crippen molar-refractivity contribution in [3.05, 3.63) is 0 Å². The predicted molar refractivity (Wildman–Crippen MR) is 36.4 cm³/mol. The van der Waals surface area contributed by atoms with Crippen molar-refractivity contribution >= 4 is 0 Å². The summed E-state index contributed by atoms with van der Waals surface area (Å²) in [5.74, 6) is 0. The van der Waals surface area contributed by atoms with Gasteiger partial charge in [0.15, 0.2) is 0 Å². The van der Waals surface area contributed by atoms with Crippen molar-refractivity contribution in [2.45, 2.75) is 13.0 Å². The molecule has 3 heteroatoms. The normalized spacial score (nSPS) is 22.3. The summed E-state index contributed by atoms with van der Waals surface area (Å²) in [6.07, 6.45) is 0.583. The van der Waals surface area contributed by atoms with E-state index >= 15 is 0 Å². The monoisotopic (exact) mass is 133 g/mol. The van der Waals surface area contributed by atoms with Crippen molar-refractivity contribution in [1.29, 1.82) is 0 Å². The Morgan fingerprint density at radius 1 is 1.78 bits per heavy atom. The molecule has 1 aliphatic heterocycles. The minimum atomic E-state index is 0.233. The van der Waals surface area contributed by atoms with Crippen LogP contribution in [0.25, 0.3) is 0 Å². The molecule has 2 N–H and O–H groups in total. The quantitative estimate of drug-likeness (QED) is 0.504. The zero-order chi connectivity index (χ0) is 7.11. The van der Waals surface area contributed by atoms with E-state index in [1.807, 2.05) is 0 Å². The molecular weight excluding hydrogens is 118 g/mol. The Hall–Kier alpha value is -0.120. The van der Waals surface area contributed by atoms with Gasteiger partial charge in [0, 0.05) is 6.54 Å². The first-order valence-electron chi connectivity index (χ1n) is 3.18. The van der Waals surface area contributed by atoms with E-state index < -0.39 is 0 Å². The van der Waals surface area contributed by atoms with Crippen LogP contribution in [0.5, 0.6) is 0 Å². The lowest BCUT2D eigenvalue weighted by Crippen LogP contribution is -2.10. The number of rotatable bonds is 2. The van der Waals surface area contributed by atoms with Crippen LogP contribution in [0.1, 0.15) is 6.92 Å². The molecule has 0 amide bonds. The maximum absolute atomic E-state index is 8.00. The fraction of sp³-hybridized carbons (Fsp3) is 1.00. The molecule has 0 spiro atoms. The summed E-state index contributed by atoms with van der Waals surface area (Å²) in [6.45, 7) is 3.97. The Morgan fingerprint density at radius 2 is 2.22 bits per heavy atom. The second kappa shape index (κ2) is 6.01. The molecule has 56 valence electrons. The molecule has 1 atom stereocenters. The number of aliphatic hydroxyl groups excluding tert-OH is 1. The van der Waals surface area contributed by atoms with Crippen LogP contribution < -0.4 is 5.32 Å². The van der Waals surface area contributed by atoms with Crippen molar-refractivity contribution in [2.75, 3.05) is 26.8 Å². The summed E-state index contributed by atoms with van der Waals surface area (Å²) in [5, 5.41) is 10.8. The Labute approximate surface area is 56.0 Å². The number of hydrogen-bond donors (Lipinski definition) is 2. The molecule has 3 nitrogen and oxygen atoms in total. The van der Waals surface area contributed by atoms with Crippen LogP contribution in [-0.4, -0.2) is 38.0 Å². The molecule has 9 heavy (non-hydrogen) atoms. The summed E-state index contributed by atoms with van der Waals surface area (Å²) in [5.41, 5.74) is 0. The van der Waals surface area contributed by atoms with E-state index in [0.29, 0.717) is 12.6 Å². The Kier molecular flexibility index (Phi) is 5.93. The van der Waals surface area contributed by atoms with Crippen LogP contribution in [0.3, 0.4) is 0 Å². The van der Waals surface area contributed by atoms with Crippen molar-refractivity contribution in [1.82, 2.24) is 5.32 Å². The molecule has 1 unspecified atom stereocenters. The van der Waals surface area contributed by atoms with Crippen LogP contribution in [0.15, 0.2) is 0 Å². The molecule has 1 aliphatic rings. The van der Waals surface area contributed by atoms with Gasteiger partial charge in [-0.2, -0.15) is 0 Å². The highest BCUT2D eigenvalue weighted by atomic mass is 16.6. The van der Waals surface area contributed by atoms with Gasteiger partial charge in [0.25, 0.3) is 0 Å². The molecule has 0 aromatic rings. The lowest BCUT2D eigenvalue weighted by Gasteiger charge is -1.84. The second-order valence-corrected chi connectivity index (χ2v) is 1.97. The highest BCUT2D eigenvalue weighted by molar-refractivity contribution is 4.58. The molecule has 0 saturated carbocycles. The molecular formula is C6H15NO2. The lowest BCUT2D eigenvalue weighted by molar-refractivity contribution is 0.296. The van der Waals surface area contributed by atoms with Crippen molar-refractivity contribution in [3.8, 4) is 0 Å². The van der Waals surface area contributed by atoms with Gasteiger partial charge >= 0.3 is 0 Å². The first kappa shape index (κ1) is 8.88. The van der Waals surface area contributed by atoms with Gasteiger partial charge in [0.1, 0.15) is 0 Å². The molecule has 1 saturated heterocycles. The van der Waals surface area contributed by atoms with Gasteiger partial charge < -0.3 is 15.2 Å². The maximum atomic E-state index is 8.00. The molecule has 0 aromatic heterocycles. The molecule has 1 rings (SSSR count). The number of ether oxygens (including phenoxy) is 1. The minimum absolute atomic E-state index is 0.233. The van der Waals surface area contributed by atoms with Crippen LogP contribution in [0, 0.1) is 0 Å². The average Bonchev–Trinajstić information content (AvgIpc) is 2.55. The summed E-state index contributed by atoms with van der Waals surface area (Å²) in [4.78, 5) is 0. The standard InChI is InChI=1S/C3H9NO.C3H6O/c1-4-2-3-5;1-3-2-4-3/h4-5H,2-3H2,1H3;3H,2H2,1H3. The first-order valence-corrected chi connectivity index (χ1v) is 3.18. The molecule has 1 fully saturated rings. The Bertz CT molecular complexity index is 53.0. The van der Waals surface area contributed by atoms with Crippen molar-refractivity contribution in [2.24, 2.45) is 0 Å². The summed E-state index contributed by atoms with van der Waals surface area (Å²) in [6, 6.07) is 0. The smallest absolute Gasteiger partial charge is 0.0781 e. The third-order valence-corrected chi connectivity index (χ3v) is 0.862. The van der Waals surface area contributed by atoms with E-state index in [2.05, 4.69) is 12.2 Å². The van der Waals surface area contributed by atoms with Gasteiger partial charge in [-0.1, -0.05) is 0 Å². The van der Waals surface area contributed by atoms with E-state index in [0.717, 1.165) is 6.61 Å². The van der Waals surface area contributed by atoms with Crippen LogP contribution in [0.2, 0.25) is 0 Å². The molecule has 0 bridgehead atoms. The SMILES string of the molecule is CC1CO1.CNCCO. The number of nitrogens with one attached hydrogen (secondary N) is 1. The van der Waals surface area contributed by atoms with E-state index in [4.69, 9.17) is 9.84 Å². The van der Waals surface area contributed by atoms with Crippen LogP contribution in [-0.2, 0) is 4.74 Å². The van der Waals surface area contributed by atoms with Crippen LogP contribution >= 0.6 is 0 Å². The number of likely N-dealkylation sites (N-methyl/N-ethyl adjacent to an activating group) is 1. The topological polar surface area (TPSA) is 44.8 Å². The third kappa shape index (κ3) is 11.4. The van der Waals surface area contributed by atoms with Gasteiger partial charge in [-0.15, -0.1) is 0 Å². The van der Waals surface area contributed by atoms with E-state index in [-0.39, 0.29) is 6.61 Å². The maximum Gasteiger partial charge on any atom is 0.0781 e. The fourth-order valence-electron chi connectivity index (χ4n) is 0.208. The summed E-state index contributed by atoms with van der Waals surface area (Å²) < 4.78 is 4.71. The van der Waals surface area contributed by atoms with Crippen molar-refractivity contribution in [3.63, 3.8) is 0 Å². The van der Waals surface area contributed by atoms with Gasteiger partial charge in [-0.3, -0.25) is 0 Å².